The van der Waals surface area contributed by atoms with Crippen molar-refractivity contribution in [3.05, 3.63) is 94.5 Å². The van der Waals surface area contributed by atoms with Gasteiger partial charge < -0.3 is 4.74 Å². The van der Waals surface area contributed by atoms with Gasteiger partial charge in [-0.15, -0.1) is 0 Å². The van der Waals surface area contributed by atoms with Crippen LogP contribution < -0.4 is 10.2 Å². The zero-order valence-corrected chi connectivity index (χ0v) is 15.7. The topological polar surface area (TPSA) is 93.8 Å². The van der Waals surface area contributed by atoms with E-state index in [4.69, 9.17) is 4.74 Å². The molecule has 0 spiro atoms. The molecule has 146 valence electrons. The zero-order chi connectivity index (χ0) is 20.6. The average Bonchev–Trinajstić information content (AvgIpc) is 2.77. The molecule has 0 aliphatic heterocycles. The number of hydrogen-bond donors (Lipinski definition) is 1. The summed E-state index contributed by atoms with van der Waals surface area (Å²) in [6.07, 6.45) is 0. The fourth-order valence-electron chi connectivity index (χ4n) is 2.59. The minimum atomic E-state index is -0.470. The van der Waals surface area contributed by atoms with Gasteiger partial charge in [-0.05, 0) is 47.9 Å². The zero-order valence-electron chi connectivity index (χ0n) is 15.7. The van der Waals surface area contributed by atoms with Crippen molar-refractivity contribution in [2.75, 3.05) is 6.61 Å². The normalized spacial score (nSPS) is 11.0. The molecule has 0 heterocycles. The Morgan fingerprint density at radius 2 is 1.59 bits per heavy atom. The van der Waals surface area contributed by atoms with Crippen molar-refractivity contribution in [2.24, 2.45) is 5.10 Å². The Bertz CT molecular complexity index is 1010. The van der Waals surface area contributed by atoms with Crippen LogP contribution in [0.4, 0.5) is 5.69 Å². The highest BCUT2D eigenvalue weighted by Gasteiger charge is 2.07. The molecule has 7 nitrogen and oxygen atoms in total. The number of ether oxygens (including phenoxy) is 1. The third kappa shape index (κ3) is 5.49. The number of hydrazone groups is 1. The molecule has 3 aromatic rings. The first-order valence-corrected chi connectivity index (χ1v) is 8.89. The first-order valence-electron chi connectivity index (χ1n) is 8.89. The Labute approximate surface area is 167 Å². The summed E-state index contributed by atoms with van der Waals surface area (Å²) in [6, 6.07) is 23.4. The van der Waals surface area contributed by atoms with E-state index in [1.165, 1.54) is 12.1 Å². The summed E-state index contributed by atoms with van der Waals surface area (Å²) in [5.74, 6) is 0.175. The number of non-ortho nitro benzene ring substituents is 1. The van der Waals surface area contributed by atoms with Crippen LogP contribution in [0.25, 0.3) is 11.1 Å². The highest BCUT2D eigenvalue weighted by Crippen LogP contribution is 2.22. The lowest BCUT2D eigenvalue weighted by molar-refractivity contribution is -0.384. The fourth-order valence-corrected chi connectivity index (χ4v) is 2.59. The molecule has 0 aromatic heterocycles. The average molecular weight is 389 g/mol. The summed E-state index contributed by atoms with van der Waals surface area (Å²) in [7, 11) is 0. The summed E-state index contributed by atoms with van der Waals surface area (Å²) < 4.78 is 5.48. The highest BCUT2D eigenvalue weighted by molar-refractivity contribution is 5.99. The Balaban J connectivity index is 1.51. The van der Waals surface area contributed by atoms with Crippen LogP contribution in [-0.4, -0.2) is 23.1 Å². The van der Waals surface area contributed by atoms with Crippen LogP contribution in [0.1, 0.15) is 12.5 Å². The molecule has 7 heteroatoms. The molecule has 3 aromatic carbocycles. The van der Waals surface area contributed by atoms with Crippen molar-refractivity contribution in [2.45, 2.75) is 6.92 Å². The van der Waals surface area contributed by atoms with Crippen LogP contribution in [-0.2, 0) is 4.79 Å². The number of nitro benzene ring substituents is 1. The van der Waals surface area contributed by atoms with Gasteiger partial charge in [0.15, 0.2) is 6.61 Å². The molecule has 0 fully saturated rings. The van der Waals surface area contributed by atoms with E-state index in [1.54, 1.807) is 31.2 Å². The quantitative estimate of drug-likeness (QED) is 0.373. The molecule has 0 aliphatic rings. The van der Waals surface area contributed by atoms with E-state index in [9.17, 15) is 14.9 Å². The summed E-state index contributed by atoms with van der Waals surface area (Å²) >= 11 is 0. The smallest absolute Gasteiger partial charge is 0.277 e. The second kappa shape index (κ2) is 9.27. The van der Waals surface area contributed by atoms with Crippen molar-refractivity contribution in [3.63, 3.8) is 0 Å². The maximum absolute atomic E-state index is 12.0. The standard InChI is InChI=1S/C22H19N3O4/c1-16(17-7-11-20(12-8-17)25(27)28)23-24-22(26)15-29-21-13-9-19(10-14-21)18-5-3-2-4-6-18/h2-14H,15H2,1H3,(H,24,26). The number of nitrogens with zero attached hydrogens (tertiary/aromatic N) is 2. The van der Waals surface area contributed by atoms with Crippen molar-refractivity contribution in [3.8, 4) is 16.9 Å². The third-order valence-corrected chi connectivity index (χ3v) is 4.18. The lowest BCUT2D eigenvalue weighted by Crippen LogP contribution is -2.25. The molecule has 0 bridgehead atoms. The van der Waals surface area contributed by atoms with Gasteiger partial charge in [0.1, 0.15) is 5.75 Å². The maximum atomic E-state index is 12.0. The van der Waals surface area contributed by atoms with Gasteiger partial charge in [0.25, 0.3) is 11.6 Å². The number of carbonyl (C=O) groups excluding carboxylic acids is 1. The summed E-state index contributed by atoms with van der Waals surface area (Å²) in [6.45, 7) is 1.52. The first-order chi connectivity index (χ1) is 14.0. The Hall–Kier alpha value is -4.00. The van der Waals surface area contributed by atoms with E-state index in [0.717, 1.165) is 11.1 Å². The fraction of sp³-hybridized carbons (Fsp3) is 0.0909. The van der Waals surface area contributed by atoms with Crippen LogP contribution in [0.5, 0.6) is 5.75 Å². The van der Waals surface area contributed by atoms with Gasteiger partial charge in [-0.2, -0.15) is 5.10 Å². The predicted molar refractivity (Wildman–Crippen MR) is 111 cm³/mol. The van der Waals surface area contributed by atoms with Gasteiger partial charge in [-0.25, -0.2) is 5.43 Å². The molecule has 0 saturated heterocycles. The lowest BCUT2D eigenvalue weighted by Gasteiger charge is -2.07. The molecule has 1 N–H and O–H groups in total. The molecule has 0 unspecified atom stereocenters. The van der Waals surface area contributed by atoms with Gasteiger partial charge in [0.2, 0.25) is 0 Å². The van der Waals surface area contributed by atoms with E-state index < -0.39 is 10.8 Å². The molecule has 29 heavy (non-hydrogen) atoms. The summed E-state index contributed by atoms with van der Waals surface area (Å²) in [4.78, 5) is 22.2. The van der Waals surface area contributed by atoms with E-state index in [2.05, 4.69) is 10.5 Å². The van der Waals surface area contributed by atoms with Crippen LogP contribution in [0.2, 0.25) is 0 Å². The Morgan fingerprint density at radius 1 is 0.966 bits per heavy atom. The van der Waals surface area contributed by atoms with E-state index in [-0.39, 0.29) is 12.3 Å². The molecular weight excluding hydrogens is 370 g/mol. The van der Waals surface area contributed by atoms with Crippen molar-refractivity contribution in [1.29, 1.82) is 0 Å². The summed E-state index contributed by atoms with van der Waals surface area (Å²) in [5.41, 5.74) is 5.78. The maximum Gasteiger partial charge on any atom is 0.277 e. The minimum Gasteiger partial charge on any atom is -0.484 e. The van der Waals surface area contributed by atoms with Crippen molar-refractivity contribution < 1.29 is 14.5 Å². The monoisotopic (exact) mass is 389 g/mol. The lowest BCUT2D eigenvalue weighted by atomic mass is 10.1. The number of amides is 1. The largest absolute Gasteiger partial charge is 0.484 e. The van der Waals surface area contributed by atoms with Gasteiger partial charge in [0.05, 0.1) is 10.6 Å². The van der Waals surface area contributed by atoms with E-state index >= 15 is 0 Å². The minimum absolute atomic E-state index is 0.00253. The Morgan fingerprint density at radius 3 is 2.21 bits per heavy atom. The van der Waals surface area contributed by atoms with Gasteiger partial charge in [0, 0.05) is 12.1 Å². The number of rotatable bonds is 7. The number of nitrogens with one attached hydrogen (secondary N) is 1. The number of hydrogen-bond acceptors (Lipinski definition) is 5. The second-order valence-corrected chi connectivity index (χ2v) is 6.22. The number of carbonyl (C=O) groups is 1. The number of benzene rings is 3. The van der Waals surface area contributed by atoms with E-state index in [1.807, 2.05) is 42.5 Å². The van der Waals surface area contributed by atoms with E-state index in [0.29, 0.717) is 17.0 Å². The SMILES string of the molecule is CC(=NNC(=O)COc1ccc(-c2ccccc2)cc1)c1ccc([N+](=O)[O-])cc1. The molecular formula is C22H19N3O4. The van der Waals surface area contributed by atoms with Gasteiger partial charge in [-0.3, -0.25) is 14.9 Å². The van der Waals surface area contributed by atoms with Crippen LogP contribution in [0.15, 0.2) is 84.0 Å². The molecule has 3 rings (SSSR count). The molecule has 1 amide bonds. The van der Waals surface area contributed by atoms with Crippen LogP contribution in [0.3, 0.4) is 0 Å². The van der Waals surface area contributed by atoms with Crippen molar-refractivity contribution in [1.82, 2.24) is 5.43 Å². The van der Waals surface area contributed by atoms with Crippen LogP contribution >= 0.6 is 0 Å². The highest BCUT2D eigenvalue weighted by atomic mass is 16.6. The number of nitro groups is 1. The second-order valence-electron chi connectivity index (χ2n) is 6.22. The molecule has 0 aliphatic carbocycles. The molecule has 0 saturated carbocycles. The van der Waals surface area contributed by atoms with Crippen molar-refractivity contribution >= 4 is 17.3 Å². The first kappa shape index (κ1) is 19.8. The molecule has 0 radical (unpaired) electrons. The van der Waals surface area contributed by atoms with Gasteiger partial charge >= 0.3 is 0 Å². The third-order valence-electron chi connectivity index (χ3n) is 4.18. The Kier molecular flexibility index (Phi) is 6.32. The van der Waals surface area contributed by atoms with Crippen LogP contribution in [0, 0.1) is 10.1 Å². The summed E-state index contributed by atoms with van der Waals surface area (Å²) in [5, 5.41) is 14.7. The van der Waals surface area contributed by atoms with Gasteiger partial charge in [-0.1, -0.05) is 42.5 Å². The molecule has 0 atom stereocenters. The predicted octanol–water partition coefficient (Wildman–Crippen LogP) is 4.18.